The van der Waals surface area contributed by atoms with Gasteiger partial charge in [0.1, 0.15) is 0 Å². The Kier molecular flexibility index (Phi) is 5.80. The number of hydrogen-bond acceptors (Lipinski definition) is 3. The normalized spacial score (nSPS) is 14.9. The number of amides is 2. The Hall–Kier alpha value is -1.30. The number of carbonyl (C=O) groups is 2. The predicted octanol–water partition coefficient (Wildman–Crippen LogP) is 1.10. The maximum atomic E-state index is 11.7. The van der Waals surface area contributed by atoms with Gasteiger partial charge >= 0.3 is 0 Å². The SMILES string of the molecule is Cl.NC1(C(=O)NCCNC(=O)c2ccc(Cl)cc2)CC1. The summed E-state index contributed by atoms with van der Waals surface area (Å²) in [5.74, 6) is -0.340. The highest BCUT2D eigenvalue weighted by Crippen LogP contribution is 2.31. The van der Waals surface area contributed by atoms with Crippen molar-refractivity contribution in [3.8, 4) is 0 Å². The first-order chi connectivity index (χ1) is 9.01. The van der Waals surface area contributed by atoms with E-state index in [2.05, 4.69) is 10.6 Å². The molecule has 1 fully saturated rings. The molecule has 0 aromatic heterocycles. The number of rotatable bonds is 5. The van der Waals surface area contributed by atoms with Gasteiger partial charge in [0.2, 0.25) is 5.91 Å². The number of nitrogens with two attached hydrogens (primary N) is 1. The first-order valence-electron chi connectivity index (χ1n) is 6.12. The zero-order chi connectivity index (χ0) is 13.9. The van der Waals surface area contributed by atoms with Crippen LogP contribution < -0.4 is 16.4 Å². The maximum Gasteiger partial charge on any atom is 0.251 e. The van der Waals surface area contributed by atoms with Gasteiger partial charge in [-0.25, -0.2) is 0 Å². The molecule has 1 aromatic carbocycles. The Morgan fingerprint density at radius 2 is 1.70 bits per heavy atom. The van der Waals surface area contributed by atoms with E-state index in [0.717, 1.165) is 12.8 Å². The molecule has 4 N–H and O–H groups in total. The van der Waals surface area contributed by atoms with E-state index in [9.17, 15) is 9.59 Å². The zero-order valence-electron chi connectivity index (χ0n) is 10.8. The Morgan fingerprint density at radius 3 is 2.25 bits per heavy atom. The molecule has 1 aliphatic rings. The standard InChI is InChI=1S/C13H16ClN3O2.ClH/c14-10-3-1-9(2-4-10)11(18)16-7-8-17-12(19)13(15)5-6-13;/h1-4H,5-8,15H2,(H,16,18)(H,17,19);1H. The molecule has 20 heavy (non-hydrogen) atoms. The van der Waals surface area contributed by atoms with Gasteiger partial charge in [0, 0.05) is 23.7 Å². The highest BCUT2D eigenvalue weighted by molar-refractivity contribution is 6.30. The fourth-order valence-corrected chi connectivity index (χ4v) is 1.72. The van der Waals surface area contributed by atoms with Crippen molar-refractivity contribution in [1.29, 1.82) is 0 Å². The van der Waals surface area contributed by atoms with Gasteiger partial charge in [-0.05, 0) is 37.1 Å². The monoisotopic (exact) mass is 317 g/mol. The third-order valence-electron chi connectivity index (χ3n) is 3.04. The fraction of sp³-hybridized carbons (Fsp3) is 0.385. The highest BCUT2D eigenvalue weighted by Gasteiger charge is 2.45. The molecule has 0 aliphatic heterocycles. The van der Waals surface area contributed by atoms with Crippen molar-refractivity contribution in [1.82, 2.24) is 10.6 Å². The predicted molar refractivity (Wildman–Crippen MR) is 80.2 cm³/mol. The summed E-state index contributed by atoms with van der Waals surface area (Å²) in [6.07, 6.45) is 1.46. The second-order valence-electron chi connectivity index (χ2n) is 4.67. The van der Waals surface area contributed by atoms with Gasteiger partial charge in [-0.3, -0.25) is 9.59 Å². The molecular formula is C13H17Cl2N3O2. The number of hydrogen-bond donors (Lipinski definition) is 3. The van der Waals surface area contributed by atoms with Gasteiger partial charge in [0.05, 0.1) is 5.54 Å². The molecule has 110 valence electrons. The first-order valence-corrected chi connectivity index (χ1v) is 6.50. The van der Waals surface area contributed by atoms with Crippen LogP contribution in [0.4, 0.5) is 0 Å². The third-order valence-corrected chi connectivity index (χ3v) is 3.30. The summed E-state index contributed by atoms with van der Waals surface area (Å²) in [5.41, 5.74) is 5.59. The van der Waals surface area contributed by atoms with E-state index in [1.807, 2.05) is 0 Å². The van der Waals surface area contributed by atoms with Crippen molar-refractivity contribution in [2.24, 2.45) is 5.73 Å². The Morgan fingerprint density at radius 1 is 1.15 bits per heavy atom. The molecule has 7 heteroatoms. The van der Waals surface area contributed by atoms with Crippen LogP contribution in [0.25, 0.3) is 0 Å². The van der Waals surface area contributed by atoms with Crippen molar-refractivity contribution in [3.63, 3.8) is 0 Å². The van der Waals surface area contributed by atoms with Crippen molar-refractivity contribution in [2.75, 3.05) is 13.1 Å². The molecule has 0 saturated heterocycles. The lowest BCUT2D eigenvalue weighted by molar-refractivity contribution is -0.123. The van der Waals surface area contributed by atoms with Crippen LogP contribution in [0.2, 0.25) is 5.02 Å². The smallest absolute Gasteiger partial charge is 0.251 e. The molecule has 1 aromatic rings. The van der Waals surface area contributed by atoms with Crippen molar-refractivity contribution >= 4 is 35.8 Å². The first kappa shape index (κ1) is 16.8. The lowest BCUT2D eigenvalue weighted by atomic mass is 10.2. The molecule has 0 radical (unpaired) electrons. The molecule has 1 saturated carbocycles. The summed E-state index contributed by atoms with van der Waals surface area (Å²) >= 11 is 5.74. The van der Waals surface area contributed by atoms with Crippen molar-refractivity contribution in [2.45, 2.75) is 18.4 Å². The molecule has 2 amide bonds. The minimum absolute atomic E-state index is 0. The summed E-state index contributed by atoms with van der Waals surface area (Å²) in [7, 11) is 0. The van der Waals surface area contributed by atoms with Gasteiger partial charge in [-0.2, -0.15) is 0 Å². The van der Waals surface area contributed by atoms with E-state index >= 15 is 0 Å². The van der Waals surface area contributed by atoms with E-state index in [4.69, 9.17) is 17.3 Å². The van der Waals surface area contributed by atoms with E-state index in [-0.39, 0.29) is 24.2 Å². The van der Waals surface area contributed by atoms with Crippen molar-refractivity contribution in [3.05, 3.63) is 34.9 Å². The second kappa shape index (κ2) is 6.92. The van der Waals surface area contributed by atoms with Gasteiger partial charge in [0.25, 0.3) is 5.91 Å². The molecule has 5 nitrogen and oxygen atoms in total. The van der Waals surface area contributed by atoms with E-state index in [1.165, 1.54) is 0 Å². The Labute approximate surface area is 128 Å². The maximum absolute atomic E-state index is 11.7. The van der Waals surface area contributed by atoms with Crippen LogP contribution in [0.5, 0.6) is 0 Å². The molecule has 0 unspecified atom stereocenters. The van der Waals surface area contributed by atoms with Crippen LogP contribution >= 0.6 is 24.0 Å². The van der Waals surface area contributed by atoms with Crippen LogP contribution in [-0.4, -0.2) is 30.4 Å². The van der Waals surface area contributed by atoms with Crippen LogP contribution in [-0.2, 0) is 4.79 Å². The van der Waals surface area contributed by atoms with E-state index in [0.29, 0.717) is 23.7 Å². The number of halogens is 2. The molecule has 0 heterocycles. The van der Waals surface area contributed by atoms with Gasteiger partial charge in [-0.1, -0.05) is 11.6 Å². The van der Waals surface area contributed by atoms with Crippen LogP contribution in [0, 0.1) is 0 Å². The van der Waals surface area contributed by atoms with E-state index in [1.54, 1.807) is 24.3 Å². The average molecular weight is 318 g/mol. The summed E-state index contributed by atoms with van der Waals surface area (Å²) in [6, 6.07) is 6.61. The number of carbonyl (C=O) groups excluding carboxylic acids is 2. The number of nitrogens with one attached hydrogen (secondary N) is 2. The highest BCUT2D eigenvalue weighted by atomic mass is 35.5. The van der Waals surface area contributed by atoms with E-state index < -0.39 is 5.54 Å². The second-order valence-corrected chi connectivity index (χ2v) is 5.11. The largest absolute Gasteiger partial charge is 0.353 e. The molecule has 0 spiro atoms. The molecular weight excluding hydrogens is 301 g/mol. The topological polar surface area (TPSA) is 84.2 Å². The summed E-state index contributed by atoms with van der Waals surface area (Å²) in [5, 5.41) is 5.99. The Bertz CT molecular complexity index is 487. The fourth-order valence-electron chi connectivity index (χ4n) is 1.59. The summed E-state index contributed by atoms with van der Waals surface area (Å²) in [6.45, 7) is 0.737. The minimum Gasteiger partial charge on any atom is -0.353 e. The van der Waals surface area contributed by atoms with Crippen LogP contribution in [0.3, 0.4) is 0 Å². The molecule has 0 bridgehead atoms. The average Bonchev–Trinajstić information content (AvgIpc) is 3.14. The van der Waals surface area contributed by atoms with Gasteiger partial charge < -0.3 is 16.4 Å². The molecule has 2 rings (SSSR count). The third kappa shape index (κ3) is 4.37. The minimum atomic E-state index is -0.666. The van der Waals surface area contributed by atoms with Crippen LogP contribution in [0.15, 0.2) is 24.3 Å². The lowest BCUT2D eigenvalue weighted by Gasteiger charge is -2.10. The van der Waals surface area contributed by atoms with Gasteiger partial charge in [0.15, 0.2) is 0 Å². The summed E-state index contributed by atoms with van der Waals surface area (Å²) < 4.78 is 0. The lowest BCUT2D eigenvalue weighted by Crippen LogP contribution is -2.45. The molecule has 1 aliphatic carbocycles. The molecule has 0 atom stereocenters. The quantitative estimate of drug-likeness (QED) is 0.711. The number of benzene rings is 1. The Balaban J connectivity index is 0.00000200. The van der Waals surface area contributed by atoms with Gasteiger partial charge in [-0.15, -0.1) is 12.4 Å². The van der Waals surface area contributed by atoms with Crippen molar-refractivity contribution < 1.29 is 9.59 Å². The zero-order valence-corrected chi connectivity index (χ0v) is 12.4. The van der Waals surface area contributed by atoms with Crippen LogP contribution in [0.1, 0.15) is 23.2 Å². The summed E-state index contributed by atoms with van der Waals surface area (Å²) in [4.78, 5) is 23.2.